The van der Waals surface area contributed by atoms with E-state index in [9.17, 15) is 8.78 Å². The summed E-state index contributed by atoms with van der Waals surface area (Å²) in [6.07, 6.45) is -0.177. The molecule has 0 nitrogen and oxygen atoms in total. The average molecular weight is 174 g/mol. The van der Waals surface area contributed by atoms with E-state index in [2.05, 4.69) is 0 Å². The minimum absolute atomic E-state index is 0.177. The summed E-state index contributed by atoms with van der Waals surface area (Å²) in [6.45, 7) is 8.07. The van der Waals surface area contributed by atoms with Gasteiger partial charge in [-0.05, 0) is 10.7 Å². The number of halogens is 2. The van der Waals surface area contributed by atoms with Crippen LogP contribution in [-0.2, 0) is 0 Å². The Labute approximate surface area is 75.1 Å². The fourth-order valence-electron chi connectivity index (χ4n) is 0.894. The predicted octanol–water partition coefficient (Wildman–Crippen LogP) is 3.42. The van der Waals surface area contributed by atoms with E-state index in [1.807, 2.05) is 0 Å². The van der Waals surface area contributed by atoms with E-state index in [0.717, 1.165) is 0 Å². The van der Waals surface area contributed by atoms with E-state index < -0.39 is 11.2 Å². The predicted molar refractivity (Wildman–Crippen MR) is 48.8 cm³/mol. The van der Waals surface area contributed by atoms with Gasteiger partial charge in [0.1, 0.15) is 0 Å². The zero-order chi connectivity index (χ0) is 10.2. The third-order valence-electron chi connectivity index (χ3n) is 1.70. The highest BCUT2D eigenvalue weighted by Gasteiger charge is 2.44. The van der Waals surface area contributed by atoms with Crippen molar-refractivity contribution in [3.63, 3.8) is 0 Å². The summed E-state index contributed by atoms with van der Waals surface area (Å²) in [5.74, 6) is -2.80. The maximum absolute atomic E-state index is 13.3. The lowest BCUT2D eigenvalue weighted by atomic mass is 9.64. The largest absolute Gasteiger partial charge is 0.245 e. The van der Waals surface area contributed by atoms with Crippen LogP contribution in [0, 0.1) is 5.41 Å². The molecule has 0 saturated carbocycles. The maximum Gasteiger partial charge on any atom is 0.245 e. The van der Waals surface area contributed by atoms with Crippen molar-refractivity contribution in [2.75, 3.05) is 0 Å². The Morgan fingerprint density at radius 2 is 1.33 bits per heavy atom. The summed E-state index contributed by atoms with van der Waals surface area (Å²) < 4.78 is 26.6. The van der Waals surface area contributed by atoms with Gasteiger partial charge in [0.05, 0.1) is 7.85 Å². The third kappa shape index (κ3) is 3.55. The van der Waals surface area contributed by atoms with E-state index in [0.29, 0.717) is 0 Å². The summed E-state index contributed by atoms with van der Waals surface area (Å²) >= 11 is 0. The van der Waals surface area contributed by atoms with Crippen molar-refractivity contribution >= 4 is 7.85 Å². The molecular formula is C9H17BF2. The van der Waals surface area contributed by atoms with E-state index in [-0.39, 0.29) is 11.8 Å². The Kier molecular flexibility index (Phi) is 2.99. The van der Waals surface area contributed by atoms with Gasteiger partial charge >= 0.3 is 0 Å². The zero-order valence-electron chi connectivity index (χ0n) is 8.54. The van der Waals surface area contributed by atoms with Crippen molar-refractivity contribution < 1.29 is 8.78 Å². The first-order valence-corrected chi connectivity index (χ1v) is 4.12. The highest BCUT2D eigenvalue weighted by Crippen LogP contribution is 2.46. The van der Waals surface area contributed by atoms with E-state index in [1.165, 1.54) is 13.8 Å². The van der Waals surface area contributed by atoms with Crippen molar-refractivity contribution in [2.24, 2.45) is 5.41 Å². The fraction of sp³-hybridized carbons (Fsp3) is 1.00. The molecular weight excluding hydrogens is 157 g/mol. The molecule has 0 saturated heterocycles. The normalized spacial score (nSPS) is 14.9. The van der Waals surface area contributed by atoms with Gasteiger partial charge in [-0.25, -0.2) is 8.78 Å². The van der Waals surface area contributed by atoms with Crippen LogP contribution in [0.25, 0.3) is 0 Å². The molecule has 0 aromatic rings. The molecule has 0 unspecified atom stereocenters. The summed E-state index contributed by atoms with van der Waals surface area (Å²) in [5, 5.41) is -1.43. The fourth-order valence-corrected chi connectivity index (χ4v) is 0.894. The van der Waals surface area contributed by atoms with Crippen LogP contribution in [0.2, 0.25) is 5.31 Å². The van der Waals surface area contributed by atoms with E-state index in [4.69, 9.17) is 7.85 Å². The maximum atomic E-state index is 13.3. The van der Waals surface area contributed by atoms with Crippen molar-refractivity contribution in [1.29, 1.82) is 0 Å². The standard InChI is InChI=1S/C9H17BF2/c1-7(2,3)6-9(11,12)8(4,5)10/h6H2,1-5H3. The van der Waals surface area contributed by atoms with Crippen molar-refractivity contribution in [1.82, 2.24) is 0 Å². The summed E-state index contributed by atoms with van der Waals surface area (Å²) in [7, 11) is 5.37. The van der Waals surface area contributed by atoms with Crippen LogP contribution in [0.15, 0.2) is 0 Å². The summed E-state index contributed by atoms with van der Waals surface area (Å²) in [4.78, 5) is 0. The number of alkyl halides is 2. The lowest BCUT2D eigenvalue weighted by Crippen LogP contribution is -2.35. The lowest BCUT2D eigenvalue weighted by molar-refractivity contribution is -0.0672. The van der Waals surface area contributed by atoms with Gasteiger partial charge in [0, 0.05) is 6.42 Å². The van der Waals surface area contributed by atoms with Gasteiger partial charge in [0.25, 0.3) is 0 Å². The minimum atomic E-state index is -2.80. The summed E-state index contributed by atoms with van der Waals surface area (Å²) in [5.41, 5.74) is -0.389. The van der Waals surface area contributed by atoms with Crippen molar-refractivity contribution in [3.8, 4) is 0 Å². The molecule has 2 radical (unpaired) electrons. The quantitative estimate of drug-likeness (QED) is 0.562. The van der Waals surface area contributed by atoms with Gasteiger partial charge in [-0.15, -0.1) is 0 Å². The third-order valence-corrected chi connectivity index (χ3v) is 1.70. The van der Waals surface area contributed by atoms with E-state index >= 15 is 0 Å². The number of hydrogen-bond donors (Lipinski definition) is 0. The monoisotopic (exact) mass is 174 g/mol. The smallest absolute Gasteiger partial charge is 0.207 e. The van der Waals surface area contributed by atoms with Crippen LogP contribution in [0.4, 0.5) is 8.78 Å². The van der Waals surface area contributed by atoms with Crippen LogP contribution in [0.1, 0.15) is 41.0 Å². The Morgan fingerprint density at radius 1 is 1.00 bits per heavy atom. The van der Waals surface area contributed by atoms with Gasteiger partial charge in [0.15, 0.2) is 0 Å². The Bertz CT molecular complexity index is 151. The van der Waals surface area contributed by atoms with Crippen LogP contribution in [0.5, 0.6) is 0 Å². The Hall–Kier alpha value is -0.0751. The van der Waals surface area contributed by atoms with Crippen LogP contribution in [0.3, 0.4) is 0 Å². The average Bonchev–Trinajstić information content (AvgIpc) is 1.52. The summed E-state index contributed by atoms with van der Waals surface area (Å²) in [6, 6.07) is 0. The SMILES string of the molecule is [B]C(C)(C)C(F)(F)CC(C)(C)C. The Balaban J connectivity index is 4.44. The van der Waals surface area contributed by atoms with Gasteiger partial charge in [-0.3, -0.25) is 0 Å². The van der Waals surface area contributed by atoms with Crippen molar-refractivity contribution in [3.05, 3.63) is 0 Å². The van der Waals surface area contributed by atoms with E-state index in [1.54, 1.807) is 20.8 Å². The minimum Gasteiger partial charge on any atom is -0.207 e. The molecule has 0 rings (SSSR count). The lowest BCUT2D eigenvalue weighted by Gasteiger charge is -2.35. The highest BCUT2D eigenvalue weighted by atomic mass is 19.3. The van der Waals surface area contributed by atoms with Crippen LogP contribution >= 0.6 is 0 Å². The first-order valence-electron chi connectivity index (χ1n) is 4.12. The molecule has 0 spiro atoms. The molecule has 0 atom stereocenters. The zero-order valence-corrected chi connectivity index (χ0v) is 8.54. The first-order chi connectivity index (χ1) is 4.96. The second-order valence-electron chi connectivity index (χ2n) is 5.16. The molecule has 0 aromatic heterocycles. The molecule has 0 amide bonds. The van der Waals surface area contributed by atoms with Crippen LogP contribution in [-0.4, -0.2) is 13.8 Å². The van der Waals surface area contributed by atoms with Crippen molar-refractivity contribution in [2.45, 2.75) is 52.3 Å². The molecule has 12 heavy (non-hydrogen) atoms. The number of hydrogen-bond acceptors (Lipinski definition) is 0. The molecule has 0 aliphatic heterocycles. The van der Waals surface area contributed by atoms with Crippen LogP contribution < -0.4 is 0 Å². The molecule has 0 aromatic carbocycles. The van der Waals surface area contributed by atoms with Gasteiger partial charge in [0.2, 0.25) is 5.92 Å². The molecule has 70 valence electrons. The first kappa shape index (κ1) is 11.9. The topological polar surface area (TPSA) is 0 Å². The molecule has 0 aliphatic rings. The molecule has 0 bridgehead atoms. The molecule has 0 fully saturated rings. The molecule has 0 aliphatic carbocycles. The second-order valence-corrected chi connectivity index (χ2v) is 5.16. The molecule has 0 N–H and O–H groups in total. The van der Waals surface area contributed by atoms with Gasteiger partial charge in [-0.1, -0.05) is 34.6 Å². The number of rotatable bonds is 2. The van der Waals surface area contributed by atoms with Gasteiger partial charge in [-0.2, -0.15) is 0 Å². The Morgan fingerprint density at radius 3 is 1.42 bits per heavy atom. The van der Waals surface area contributed by atoms with Gasteiger partial charge < -0.3 is 0 Å². The second kappa shape index (κ2) is 3.00. The highest BCUT2D eigenvalue weighted by molar-refractivity contribution is 6.15. The molecule has 0 heterocycles. The molecule has 3 heteroatoms.